The van der Waals surface area contributed by atoms with Gasteiger partial charge < -0.3 is 9.15 Å². The van der Waals surface area contributed by atoms with Gasteiger partial charge in [-0.1, -0.05) is 6.07 Å². The number of benzene rings is 1. The lowest BCUT2D eigenvalue weighted by Gasteiger charge is -2.10. The fourth-order valence-corrected chi connectivity index (χ4v) is 2.82. The second-order valence-corrected chi connectivity index (χ2v) is 5.69. The van der Waals surface area contributed by atoms with E-state index in [1.54, 1.807) is 18.2 Å². The number of ether oxygens (including phenoxy) is 1. The van der Waals surface area contributed by atoms with Crippen molar-refractivity contribution in [2.24, 2.45) is 0 Å². The lowest BCUT2D eigenvalue weighted by Crippen LogP contribution is -2.24. The van der Waals surface area contributed by atoms with Crippen LogP contribution in [0, 0.1) is 6.92 Å². The van der Waals surface area contributed by atoms with E-state index in [1.807, 2.05) is 6.92 Å². The summed E-state index contributed by atoms with van der Waals surface area (Å²) in [5.74, 6) is 0.304. The summed E-state index contributed by atoms with van der Waals surface area (Å²) in [5, 5.41) is 0. The fraction of sp³-hybridized carbons (Fsp3) is 0.250. The highest BCUT2D eigenvalue weighted by molar-refractivity contribution is 7.89. The molecule has 2 rings (SSSR count). The number of rotatable bonds is 5. The molecule has 1 aromatic carbocycles. The highest BCUT2D eigenvalue weighted by Gasteiger charge is 2.19. The SMILES string of the molecule is COc1ccc(C)cc1S(=O)(=O)NCc1cocn1. The predicted octanol–water partition coefficient (Wildman–Crippen LogP) is 1.47. The van der Waals surface area contributed by atoms with E-state index in [4.69, 9.17) is 9.15 Å². The van der Waals surface area contributed by atoms with E-state index in [9.17, 15) is 8.42 Å². The smallest absolute Gasteiger partial charge is 0.244 e. The summed E-state index contributed by atoms with van der Waals surface area (Å²) in [7, 11) is -2.23. The van der Waals surface area contributed by atoms with Crippen LogP contribution in [0.3, 0.4) is 0 Å². The molecule has 0 spiro atoms. The summed E-state index contributed by atoms with van der Waals surface area (Å²) in [4.78, 5) is 3.96. The Balaban J connectivity index is 2.26. The molecule has 0 saturated carbocycles. The molecule has 0 radical (unpaired) electrons. The second-order valence-electron chi connectivity index (χ2n) is 3.96. The predicted molar refractivity (Wildman–Crippen MR) is 68.3 cm³/mol. The van der Waals surface area contributed by atoms with E-state index in [0.717, 1.165) is 5.56 Å². The molecule has 0 saturated heterocycles. The van der Waals surface area contributed by atoms with E-state index < -0.39 is 10.0 Å². The highest BCUT2D eigenvalue weighted by atomic mass is 32.2. The zero-order chi connectivity index (χ0) is 13.9. The minimum atomic E-state index is -3.66. The van der Waals surface area contributed by atoms with E-state index in [-0.39, 0.29) is 11.4 Å². The van der Waals surface area contributed by atoms with Crippen LogP contribution in [0.5, 0.6) is 5.75 Å². The van der Waals surface area contributed by atoms with Gasteiger partial charge in [0.2, 0.25) is 10.0 Å². The number of methoxy groups -OCH3 is 1. The van der Waals surface area contributed by atoms with Crippen molar-refractivity contribution in [2.45, 2.75) is 18.4 Å². The Morgan fingerprint density at radius 3 is 2.84 bits per heavy atom. The maximum absolute atomic E-state index is 12.2. The van der Waals surface area contributed by atoms with Crippen LogP contribution in [-0.4, -0.2) is 20.5 Å². The van der Waals surface area contributed by atoms with Crippen molar-refractivity contribution in [2.75, 3.05) is 7.11 Å². The number of sulfonamides is 1. The molecule has 0 fully saturated rings. The molecule has 2 aromatic rings. The number of nitrogens with zero attached hydrogens (tertiary/aromatic N) is 1. The molecule has 0 amide bonds. The maximum atomic E-state index is 12.2. The molecule has 0 aliphatic heterocycles. The van der Waals surface area contributed by atoms with Crippen LogP contribution in [0.4, 0.5) is 0 Å². The number of oxazole rings is 1. The third kappa shape index (κ3) is 3.12. The Labute approximate surface area is 111 Å². The molecule has 1 aromatic heterocycles. The number of nitrogens with one attached hydrogen (secondary N) is 1. The number of aromatic nitrogens is 1. The third-order valence-electron chi connectivity index (χ3n) is 2.54. The topological polar surface area (TPSA) is 81.4 Å². The Kier molecular flexibility index (Phi) is 3.87. The largest absolute Gasteiger partial charge is 0.495 e. The Morgan fingerprint density at radius 1 is 1.42 bits per heavy atom. The molecule has 0 bridgehead atoms. The molecule has 0 aliphatic rings. The molecule has 1 N–H and O–H groups in total. The van der Waals surface area contributed by atoms with E-state index in [0.29, 0.717) is 11.4 Å². The molecule has 0 unspecified atom stereocenters. The Bertz CT molecular complexity index is 650. The first-order valence-corrected chi connectivity index (χ1v) is 7.02. The summed E-state index contributed by atoms with van der Waals surface area (Å²) in [5.41, 5.74) is 1.35. The first kappa shape index (κ1) is 13.6. The van der Waals surface area contributed by atoms with Gasteiger partial charge in [-0.25, -0.2) is 18.1 Å². The van der Waals surface area contributed by atoms with Gasteiger partial charge in [0.25, 0.3) is 0 Å². The third-order valence-corrected chi connectivity index (χ3v) is 3.96. The van der Waals surface area contributed by atoms with Crippen molar-refractivity contribution in [1.82, 2.24) is 9.71 Å². The van der Waals surface area contributed by atoms with E-state index >= 15 is 0 Å². The molecule has 1 heterocycles. The number of hydrogen-bond acceptors (Lipinski definition) is 5. The average Bonchev–Trinajstić information content (AvgIpc) is 2.89. The van der Waals surface area contributed by atoms with Gasteiger partial charge in [0, 0.05) is 0 Å². The van der Waals surface area contributed by atoms with Crippen LogP contribution < -0.4 is 9.46 Å². The van der Waals surface area contributed by atoms with Gasteiger partial charge in [-0.3, -0.25) is 0 Å². The number of aryl methyl sites for hydroxylation is 1. The van der Waals surface area contributed by atoms with Crippen molar-refractivity contribution in [3.63, 3.8) is 0 Å². The molecule has 0 aliphatic carbocycles. The standard InChI is InChI=1S/C12H14N2O4S/c1-9-3-4-11(17-2)12(5-9)19(15,16)14-6-10-7-18-8-13-10/h3-5,7-8,14H,6H2,1-2H3. The normalized spacial score (nSPS) is 11.5. The van der Waals surface area contributed by atoms with Gasteiger partial charge in [0.15, 0.2) is 6.39 Å². The average molecular weight is 282 g/mol. The van der Waals surface area contributed by atoms with E-state index in [1.165, 1.54) is 19.8 Å². The maximum Gasteiger partial charge on any atom is 0.244 e. The quantitative estimate of drug-likeness (QED) is 0.898. The first-order valence-electron chi connectivity index (χ1n) is 5.54. The van der Waals surface area contributed by atoms with Gasteiger partial charge in [0.05, 0.1) is 19.3 Å². The van der Waals surface area contributed by atoms with E-state index in [2.05, 4.69) is 9.71 Å². The minimum absolute atomic E-state index is 0.0654. The number of hydrogen-bond donors (Lipinski definition) is 1. The molecule has 6 nitrogen and oxygen atoms in total. The lowest BCUT2D eigenvalue weighted by molar-refractivity contribution is 0.402. The van der Waals surface area contributed by atoms with Gasteiger partial charge in [-0.2, -0.15) is 0 Å². The molecular formula is C12H14N2O4S. The molecule has 102 valence electrons. The first-order chi connectivity index (χ1) is 9.03. The molecular weight excluding hydrogens is 268 g/mol. The summed E-state index contributed by atoms with van der Waals surface area (Å²) >= 11 is 0. The highest BCUT2D eigenvalue weighted by Crippen LogP contribution is 2.24. The summed E-state index contributed by atoms with van der Waals surface area (Å²) < 4.78 is 36.7. The second kappa shape index (κ2) is 5.41. The fourth-order valence-electron chi connectivity index (χ4n) is 1.57. The zero-order valence-corrected chi connectivity index (χ0v) is 11.4. The Morgan fingerprint density at radius 2 is 2.21 bits per heavy atom. The van der Waals surface area contributed by atoms with Crippen molar-refractivity contribution in [3.05, 3.63) is 42.1 Å². The van der Waals surface area contributed by atoms with Crippen LogP contribution in [0.1, 0.15) is 11.3 Å². The van der Waals surface area contributed by atoms with Crippen molar-refractivity contribution in [1.29, 1.82) is 0 Å². The van der Waals surface area contributed by atoms with Crippen molar-refractivity contribution < 1.29 is 17.6 Å². The van der Waals surface area contributed by atoms with Crippen molar-refractivity contribution in [3.8, 4) is 5.75 Å². The lowest BCUT2D eigenvalue weighted by atomic mass is 10.2. The van der Waals surface area contributed by atoms with Crippen LogP contribution in [-0.2, 0) is 16.6 Å². The molecule has 7 heteroatoms. The van der Waals surface area contributed by atoms with Crippen molar-refractivity contribution >= 4 is 10.0 Å². The summed E-state index contributed by atoms with van der Waals surface area (Å²) in [6, 6.07) is 4.97. The van der Waals surface area contributed by atoms with Crippen LogP contribution in [0.15, 0.2) is 40.2 Å². The van der Waals surface area contributed by atoms with Crippen LogP contribution in [0.2, 0.25) is 0 Å². The summed E-state index contributed by atoms with van der Waals surface area (Å²) in [6.45, 7) is 1.88. The minimum Gasteiger partial charge on any atom is -0.495 e. The zero-order valence-electron chi connectivity index (χ0n) is 10.6. The van der Waals surface area contributed by atoms with Crippen LogP contribution >= 0.6 is 0 Å². The van der Waals surface area contributed by atoms with Crippen LogP contribution in [0.25, 0.3) is 0 Å². The molecule has 19 heavy (non-hydrogen) atoms. The van der Waals surface area contributed by atoms with Gasteiger partial charge in [-0.05, 0) is 24.6 Å². The summed E-state index contributed by atoms with van der Waals surface area (Å²) in [6.07, 6.45) is 2.63. The Hall–Kier alpha value is -1.86. The van der Waals surface area contributed by atoms with Gasteiger partial charge >= 0.3 is 0 Å². The monoisotopic (exact) mass is 282 g/mol. The van der Waals surface area contributed by atoms with Gasteiger partial charge in [-0.15, -0.1) is 0 Å². The molecule has 0 atom stereocenters. The van der Waals surface area contributed by atoms with Gasteiger partial charge in [0.1, 0.15) is 16.9 Å².